The first-order valence-electron chi connectivity index (χ1n) is 5.53. The molecule has 0 bridgehead atoms. The molecule has 0 spiro atoms. The number of hydrogen-bond donors (Lipinski definition) is 1. The van der Waals surface area contributed by atoms with Crippen molar-refractivity contribution >= 4 is 0 Å². The maximum absolute atomic E-state index is 10.0. The fourth-order valence-corrected chi connectivity index (χ4v) is 2.29. The maximum Gasteiger partial charge on any atom is 0.0945 e. The highest BCUT2D eigenvalue weighted by Crippen LogP contribution is 2.26. The molecule has 2 heterocycles. The van der Waals surface area contributed by atoms with E-state index in [9.17, 15) is 5.11 Å². The van der Waals surface area contributed by atoms with Crippen molar-refractivity contribution in [3.05, 3.63) is 18.2 Å². The number of aliphatic hydroxyl groups is 1. The lowest BCUT2D eigenvalue weighted by Gasteiger charge is -2.46. The van der Waals surface area contributed by atoms with Crippen LogP contribution in [0.5, 0.6) is 0 Å². The molecule has 1 fully saturated rings. The monoisotopic (exact) mass is 209 g/mol. The standard InChI is InChI=1S/C11H19N3O/c1-3-4-11(15)7-14(8-11)6-10-5-12-9-13(10)2/h5,9,15H,3-4,6-8H2,1-2H3. The van der Waals surface area contributed by atoms with Gasteiger partial charge in [0.25, 0.3) is 0 Å². The molecule has 1 N–H and O–H groups in total. The Hall–Kier alpha value is -0.870. The molecule has 0 aliphatic carbocycles. The molecule has 4 nitrogen and oxygen atoms in total. The van der Waals surface area contributed by atoms with Crippen LogP contribution in [0.1, 0.15) is 25.5 Å². The Morgan fingerprint density at radius 3 is 2.80 bits per heavy atom. The van der Waals surface area contributed by atoms with Crippen molar-refractivity contribution in [3.63, 3.8) is 0 Å². The second-order valence-corrected chi connectivity index (χ2v) is 4.62. The van der Waals surface area contributed by atoms with Gasteiger partial charge in [0.1, 0.15) is 0 Å². The van der Waals surface area contributed by atoms with Gasteiger partial charge in [-0.1, -0.05) is 13.3 Å². The summed E-state index contributed by atoms with van der Waals surface area (Å²) in [5.74, 6) is 0. The largest absolute Gasteiger partial charge is 0.387 e. The van der Waals surface area contributed by atoms with Gasteiger partial charge in [-0.3, -0.25) is 4.90 Å². The molecule has 15 heavy (non-hydrogen) atoms. The van der Waals surface area contributed by atoms with Crippen molar-refractivity contribution in [2.24, 2.45) is 7.05 Å². The van der Waals surface area contributed by atoms with Gasteiger partial charge in [0.2, 0.25) is 0 Å². The Bertz CT molecular complexity index is 328. The third-order valence-corrected chi connectivity index (χ3v) is 3.05. The lowest BCUT2D eigenvalue weighted by Crippen LogP contribution is -2.61. The average Bonchev–Trinajstić information content (AvgIpc) is 2.50. The summed E-state index contributed by atoms with van der Waals surface area (Å²) >= 11 is 0. The number of imidazole rings is 1. The molecule has 0 radical (unpaired) electrons. The zero-order chi connectivity index (χ0) is 10.9. The molecule has 1 aliphatic heterocycles. The minimum absolute atomic E-state index is 0.423. The van der Waals surface area contributed by atoms with Gasteiger partial charge in [-0.25, -0.2) is 4.98 Å². The number of rotatable bonds is 4. The smallest absolute Gasteiger partial charge is 0.0945 e. The predicted octanol–water partition coefficient (Wildman–Crippen LogP) is 0.767. The van der Waals surface area contributed by atoms with E-state index in [-0.39, 0.29) is 0 Å². The van der Waals surface area contributed by atoms with Crippen molar-refractivity contribution in [1.29, 1.82) is 0 Å². The Morgan fingerprint density at radius 2 is 2.27 bits per heavy atom. The summed E-state index contributed by atoms with van der Waals surface area (Å²) in [7, 11) is 2.00. The fraction of sp³-hybridized carbons (Fsp3) is 0.727. The van der Waals surface area contributed by atoms with Crippen LogP contribution >= 0.6 is 0 Å². The second-order valence-electron chi connectivity index (χ2n) is 4.62. The number of aromatic nitrogens is 2. The van der Waals surface area contributed by atoms with E-state index in [1.807, 2.05) is 24.1 Å². The van der Waals surface area contributed by atoms with E-state index in [1.165, 1.54) is 5.69 Å². The number of β-amino-alcohol motifs (C(OH)–C–C–N with tert-alkyl or cyclic N) is 1. The molecule has 0 saturated carbocycles. The lowest BCUT2D eigenvalue weighted by atomic mass is 9.89. The van der Waals surface area contributed by atoms with E-state index in [0.29, 0.717) is 0 Å². The number of hydrogen-bond acceptors (Lipinski definition) is 3. The maximum atomic E-state index is 10.0. The highest BCUT2D eigenvalue weighted by atomic mass is 16.3. The second kappa shape index (κ2) is 3.94. The van der Waals surface area contributed by atoms with Gasteiger partial charge < -0.3 is 9.67 Å². The van der Waals surface area contributed by atoms with E-state index in [4.69, 9.17) is 0 Å². The first-order chi connectivity index (χ1) is 7.13. The molecular weight excluding hydrogens is 190 g/mol. The van der Waals surface area contributed by atoms with Crippen LogP contribution in [-0.2, 0) is 13.6 Å². The Balaban J connectivity index is 1.83. The third-order valence-electron chi connectivity index (χ3n) is 3.05. The zero-order valence-corrected chi connectivity index (χ0v) is 9.48. The van der Waals surface area contributed by atoms with Crippen molar-refractivity contribution in [1.82, 2.24) is 14.5 Å². The SMILES string of the molecule is CCCC1(O)CN(Cc2cncn2C)C1. The average molecular weight is 209 g/mol. The molecule has 1 saturated heterocycles. The zero-order valence-electron chi connectivity index (χ0n) is 9.48. The minimum atomic E-state index is -0.423. The number of aryl methyl sites for hydroxylation is 1. The lowest BCUT2D eigenvalue weighted by molar-refractivity contribution is -0.107. The van der Waals surface area contributed by atoms with Crippen LogP contribution < -0.4 is 0 Å². The quantitative estimate of drug-likeness (QED) is 0.796. The summed E-state index contributed by atoms with van der Waals surface area (Å²) < 4.78 is 2.02. The molecule has 84 valence electrons. The summed E-state index contributed by atoms with van der Waals surface area (Å²) in [6.45, 7) is 4.60. The molecule has 0 unspecified atom stereocenters. The molecule has 0 amide bonds. The summed E-state index contributed by atoms with van der Waals surface area (Å²) in [6.07, 6.45) is 5.66. The van der Waals surface area contributed by atoms with E-state index >= 15 is 0 Å². The fourth-order valence-electron chi connectivity index (χ4n) is 2.29. The molecule has 1 aliphatic rings. The van der Waals surface area contributed by atoms with Gasteiger partial charge in [0, 0.05) is 32.9 Å². The van der Waals surface area contributed by atoms with Crippen molar-refractivity contribution < 1.29 is 5.11 Å². The summed E-state index contributed by atoms with van der Waals surface area (Å²) in [4.78, 5) is 6.34. The van der Waals surface area contributed by atoms with Gasteiger partial charge in [0.15, 0.2) is 0 Å². The van der Waals surface area contributed by atoms with E-state index in [2.05, 4.69) is 16.8 Å². The Morgan fingerprint density at radius 1 is 1.53 bits per heavy atom. The van der Waals surface area contributed by atoms with E-state index in [1.54, 1.807) is 0 Å². The van der Waals surface area contributed by atoms with Crippen LogP contribution in [0.3, 0.4) is 0 Å². The van der Waals surface area contributed by atoms with Crippen LogP contribution in [0.4, 0.5) is 0 Å². The molecule has 4 heteroatoms. The summed E-state index contributed by atoms with van der Waals surface area (Å²) in [5.41, 5.74) is 0.779. The molecule has 0 aromatic carbocycles. The van der Waals surface area contributed by atoms with Crippen LogP contribution in [0.2, 0.25) is 0 Å². The molecular formula is C11H19N3O. The molecule has 2 rings (SSSR count). The predicted molar refractivity (Wildman–Crippen MR) is 58.3 cm³/mol. The van der Waals surface area contributed by atoms with Gasteiger partial charge in [-0.05, 0) is 6.42 Å². The summed E-state index contributed by atoms with van der Waals surface area (Å²) in [6, 6.07) is 0. The van der Waals surface area contributed by atoms with Crippen LogP contribution in [0.25, 0.3) is 0 Å². The van der Waals surface area contributed by atoms with Crippen LogP contribution in [-0.4, -0.2) is 38.2 Å². The van der Waals surface area contributed by atoms with Gasteiger partial charge >= 0.3 is 0 Å². The van der Waals surface area contributed by atoms with Crippen molar-refractivity contribution in [2.75, 3.05) is 13.1 Å². The Kier molecular flexibility index (Phi) is 2.80. The van der Waals surface area contributed by atoms with E-state index in [0.717, 1.165) is 32.5 Å². The summed E-state index contributed by atoms with van der Waals surface area (Å²) in [5, 5.41) is 10.0. The molecule has 1 aromatic rings. The number of nitrogens with zero attached hydrogens (tertiary/aromatic N) is 3. The van der Waals surface area contributed by atoms with Gasteiger partial charge in [-0.15, -0.1) is 0 Å². The van der Waals surface area contributed by atoms with Crippen molar-refractivity contribution in [2.45, 2.75) is 31.9 Å². The highest BCUT2D eigenvalue weighted by molar-refractivity contribution is 5.02. The van der Waals surface area contributed by atoms with Gasteiger partial charge in [-0.2, -0.15) is 0 Å². The topological polar surface area (TPSA) is 41.3 Å². The van der Waals surface area contributed by atoms with Crippen molar-refractivity contribution in [3.8, 4) is 0 Å². The van der Waals surface area contributed by atoms with Crippen LogP contribution in [0, 0.1) is 0 Å². The minimum Gasteiger partial charge on any atom is -0.387 e. The Labute approximate surface area is 90.5 Å². The molecule has 0 atom stereocenters. The number of likely N-dealkylation sites (tertiary alicyclic amines) is 1. The van der Waals surface area contributed by atoms with E-state index < -0.39 is 5.60 Å². The first-order valence-corrected chi connectivity index (χ1v) is 5.53. The first kappa shape index (κ1) is 10.6. The highest BCUT2D eigenvalue weighted by Gasteiger charge is 2.39. The van der Waals surface area contributed by atoms with Crippen LogP contribution in [0.15, 0.2) is 12.5 Å². The normalized spacial score (nSPS) is 20.2. The van der Waals surface area contributed by atoms with Gasteiger partial charge in [0.05, 0.1) is 17.6 Å². The molecule has 1 aromatic heterocycles. The third kappa shape index (κ3) is 2.21.